The molecule has 2 aromatic carbocycles. The fourth-order valence-electron chi connectivity index (χ4n) is 3.84. The van der Waals surface area contributed by atoms with Gasteiger partial charge in [-0.05, 0) is 78.6 Å². The molecule has 1 N–H and O–H groups in total. The van der Waals surface area contributed by atoms with E-state index < -0.39 is 0 Å². The Kier molecular flexibility index (Phi) is 9.14. The minimum atomic E-state index is 0.334. The maximum Gasteiger partial charge on any atom is 0.175 e. The lowest BCUT2D eigenvalue weighted by molar-refractivity contribution is 0.259. The summed E-state index contributed by atoms with van der Waals surface area (Å²) >= 11 is 15.9. The van der Waals surface area contributed by atoms with Crippen LogP contribution in [0.3, 0.4) is 0 Å². The molecule has 3 rings (SSSR count). The minimum Gasteiger partial charge on any atom is -0.490 e. The summed E-state index contributed by atoms with van der Waals surface area (Å²) in [5, 5.41) is 4.80. The van der Waals surface area contributed by atoms with E-state index in [4.69, 9.17) is 32.7 Å². The summed E-state index contributed by atoms with van der Waals surface area (Å²) in [5.74, 6) is 1.41. The summed E-state index contributed by atoms with van der Waals surface area (Å²) < 4.78 is 12.8. The van der Waals surface area contributed by atoms with Crippen LogP contribution in [0.25, 0.3) is 0 Å². The summed E-state index contributed by atoms with van der Waals surface area (Å²) in [5.41, 5.74) is 2.03. The van der Waals surface area contributed by atoms with Gasteiger partial charge in [0, 0.05) is 34.7 Å². The van der Waals surface area contributed by atoms with Crippen molar-refractivity contribution in [2.45, 2.75) is 45.9 Å². The topological polar surface area (TPSA) is 33.7 Å². The molecule has 0 aromatic heterocycles. The summed E-state index contributed by atoms with van der Waals surface area (Å²) in [7, 11) is 0. The maximum atomic E-state index is 6.27. The number of likely N-dealkylation sites (tertiary alicyclic amines) is 1. The Bertz CT molecular complexity index is 850. The van der Waals surface area contributed by atoms with Gasteiger partial charge in [-0.1, -0.05) is 36.2 Å². The molecule has 0 unspecified atom stereocenters. The summed E-state index contributed by atoms with van der Waals surface area (Å²) in [4.78, 5) is 2.55. The minimum absolute atomic E-state index is 0.334. The third-order valence-corrected chi connectivity index (χ3v) is 6.55. The Morgan fingerprint density at radius 3 is 2.73 bits per heavy atom. The number of halogens is 3. The molecule has 30 heavy (non-hydrogen) atoms. The highest BCUT2D eigenvalue weighted by molar-refractivity contribution is 9.10. The van der Waals surface area contributed by atoms with E-state index in [1.807, 2.05) is 25.1 Å². The first kappa shape index (κ1) is 23.7. The lowest BCUT2D eigenvalue weighted by atomic mass is 10.1. The molecule has 1 atom stereocenters. The number of likely N-dealkylation sites (N-methyl/N-ethyl adjacent to an activating group) is 1. The van der Waals surface area contributed by atoms with Crippen LogP contribution in [0.15, 0.2) is 34.8 Å². The first-order chi connectivity index (χ1) is 14.5. The van der Waals surface area contributed by atoms with Crippen LogP contribution in [0.4, 0.5) is 0 Å². The molecule has 1 aliphatic heterocycles. The van der Waals surface area contributed by atoms with Crippen LogP contribution in [0.2, 0.25) is 10.0 Å². The van der Waals surface area contributed by atoms with Crippen molar-refractivity contribution >= 4 is 39.1 Å². The molecule has 1 aliphatic rings. The van der Waals surface area contributed by atoms with Crippen LogP contribution in [0, 0.1) is 0 Å². The fraction of sp³-hybridized carbons (Fsp3) is 0.478. The van der Waals surface area contributed by atoms with Gasteiger partial charge in [-0.3, -0.25) is 4.90 Å². The Balaban J connectivity index is 1.65. The van der Waals surface area contributed by atoms with Gasteiger partial charge < -0.3 is 14.8 Å². The van der Waals surface area contributed by atoms with Crippen molar-refractivity contribution in [2.24, 2.45) is 0 Å². The highest BCUT2D eigenvalue weighted by atomic mass is 79.9. The third-order valence-electron chi connectivity index (χ3n) is 5.37. The van der Waals surface area contributed by atoms with Crippen LogP contribution in [-0.2, 0) is 13.2 Å². The van der Waals surface area contributed by atoms with Gasteiger partial charge in [0.25, 0.3) is 0 Å². The molecule has 0 saturated carbocycles. The van der Waals surface area contributed by atoms with Crippen molar-refractivity contribution in [1.29, 1.82) is 0 Å². The molecule has 0 radical (unpaired) electrons. The van der Waals surface area contributed by atoms with Crippen molar-refractivity contribution < 1.29 is 9.47 Å². The first-order valence-electron chi connectivity index (χ1n) is 10.5. The lowest BCUT2D eigenvalue weighted by Crippen LogP contribution is -2.37. The number of benzene rings is 2. The second-order valence-corrected chi connectivity index (χ2v) is 9.12. The van der Waals surface area contributed by atoms with Gasteiger partial charge in [-0.25, -0.2) is 0 Å². The van der Waals surface area contributed by atoms with Crippen LogP contribution < -0.4 is 14.8 Å². The molecule has 4 nitrogen and oxygen atoms in total. The quantitative estimate of drug-likeness (QED) is 0.402. The summed E-state index contributed by atoms with van der Waals surface area (Å²) in [6, 6.07) is 10.2. The average Bonchev–Trinajstić information content (AvgIpc) is 3.16. The van der Waals surface area contributed by atoms with Crippen LogP contribution in [-0.4, -0.2) is 37.2 Å². The van der Waals surface area contributed by atoms with E-state index in [0.29, 0.717) is 35.1 Å². The number of nitrogens with zero attached hydrogens (tertiary/aromatic N) is 1. The standard InChI is InChI=1S/C23H29BrCl2N2O2/c1-3-28-9-5-6-19(28)14-27-13-16-10-20(24)23(22(11-16)29-4-2)30-15-17-7-8-18(25)12-21(17)26/h7-8,10-12,19,27H,3-6,9,13-15H2,1-2H3/t19-/m0/s1. The van der Waals surface area contributed by atoms with E-state index in [2.05, 4.69) is 39.1 Å². The van der Waals surface area contributed by atoms with Crippen molar-refractivity contribution in [3.05, 3.63) is 56.0 Å². The molecule has 0 spiro atoms. The Morgan fingerprint density at radius 2 is 2.00 bits per heavy atom. The Hall–Kier alpha value is -0.980. The monoisotopic (exact) mass is 514 g/mol. The van der Waals surface area contributed by atoms with Gasteiger partial charge in [-0.15, -0.1) is 0 Å². The van der Waals surface area contributed by atoms with E-state index in [0.717, 1.165) is 41.0 Å². The summed E-state index contributed by atoms with van der Waals surface area (Å²) in [6.07, 6.45) is 2.57. The number of nitrogens with one attached hydrogen (secondary N) is 1. The Morgan fingerprint density at radius 1 is 1.17 bits per heavy atom. The van der Waals surface area contributed by atoms with Crippen molar-refractivity contribution in [2.75, 3.05) is 26.2 Å². The number of hydrogen-bond acceptors (Lipinski definition) is 4. The smallest absolute Gasteiger partial charge is 0.175 e. The molecular formula is C23H29BrCl2N2O2. The largest absolute Gasteiger partial charge is 0.490 e. The van der Waals surface area contributed by atoms with Gasteiger partial charge in [0.05, 0.1) is 11.1 Å². The second-order valence-electron chi connectivity index (χ2n) is 7.42. The van der Waals surface area contributed by atoms with E-state index in [-0.39, 0.29) is 0 Å². The predicted molar refractivity (Wildman–Crippen MR) is 128 cm³/mol. The van der Waals surface area contributed by atoms with E-state index in [1.165, 1.54) is 19.4 Å². The molecule has 7 heteroatoms. The third kappa shape index (κ3) is 6.27. The molecule has 1 heterocycles. The zero-order chi connectivity index (χ0) is 21.5. The normalized spacial score (nSPS) is 16.8. The molecule has 0 aliphatic carbocycles. The highest BCUT2D eigenvalue weighted by Gasteiger charge is 2.22. The second kappa shape index (κ2) is 11.6. The highest BCUT2D eigenvalue weighted by Crippen LogP contribution is 2.38. The Labute approximate surface area is 198 Å². The molecule has 0 bridgehead atoms. The fourth-order valence-corrected chi connectivity index (χ4v) is 4.91. The number of ether oxygens (including phenoxy) is 2. The first-order valence-corrected chi connectivity index (χ1v) is 12.0. The van der Waals surface area contributed by atoms with Crippen LogP contribution >= 0.6 is 39.1 Å². The summed E-state index contributed by atoms with van der Waals surface area (Å²) in [6.45, 7) is 9.23. The maximum absolute atomic E-state index is 6.27. The molecular weight excluding hydrogens is 487 g/mol. The van der Waals surface area contributed by atoms with Crippen molar-refractivity contribution in [1.82, 2.24) is 10.2 Å². The molecule has 1 fully saturated rings. The van der Waals surface area contributed by atoms with Gasteiger partial charge in [-0.2, -0.15) is 0 Å². The van der Waals surface area contributed by atoms with Gasteiger partial charge in [0.2, 0.25) is 0 Å². The van der Waals surface area contributed by atoms with Crippen molar-refractivity contribution in [3.63, 3.8) is 0 Å². The lowest BCUT2D eigenvalue weighted by Gasteiger charge is -2.23. The number of hydrogen-bond donors (Lipinski definition) is 1. The zero-order valence-corrected chi connectivity index (χ0v) is 20.6. The van der Waals surface area contributed by atoms with Gasteiger partial charge >= 0.3 is 0 Å². The molecule has 1 saturated heterocycles. The molecule has 0 amide bonds. The number of rotatable bonds is 10. The van der Waals surface area contributed by atoms with E-state index in [9.17, 15) is 0 Å². The van der Waals surface area contributed by atoms with Crippen LogP contribution in [0.1, 0.15) is 37.8 Å². The molecule has 2 aromatic rings. The van der Waals surface area contributed by atoms with E-state index >= 15 is 0 Å². The van der Waals surface area contributed by atoms with Crippen molar-refractivity contribution in [3.8, 4) is 11.5 Å². The zero-order valence-electron chi connectivity index (χ0n) is 17.5. The van der Waals surface area contributed by atoms with Crippen LogP contribution in [0.5, 0.6) is 11.5 Å². The predicted octanol–water partition coefficient (Wildman–Crippen LogP) is 6.31. The van der Waals surface area contributed by atoms with Gasteiger partial charge in [0.1, 0.15) is 6.61 Å². The average molecular weight is 516 g/mol. The SMILES string of the molecule is CCOc1cc(CNC[C@@H]2CCCN2CC)cc(Br)c1OCc1ccc(Cl)cc1Cl. The van der Waals surface area contributed by atoms with Gasteiger partial charge in [0.15, 0.2) is 11.5 Å². The van der Waals surface area contributed by atoms with E-state index in [1.54, 1.807) is 6.07 Å². The molecule has 164 valence electrons.